The first-order valence-corrected chi connectivity index (χ1v) is 5.32. The molecule has 1 aromatic rings. The Kier molecular flexibility index (Phi) is 6.73. The van der Waals surface area contributed by atoms with Crippen molar-refractivity contribution in [3.8, 4) is 0 Å². The number of nitrogens with zero attached hydrogens (tertiary/aromatic N) is 1. The molecular weight excluding hydrogens is 170 g/mol. The van der Waals surface area contributed by atoms with Crippen LogP contribution < -0.4 is 0 Å². The van der Waals surface area contributed by atoms with E-state index in [9.17, 15) is 0 Å². The maximum Gasteiger partial charge on any atom is 0.170 e. The molecule has 1 nitrogen and oxygen atoms in total. The van der Waals surface area contributed by atoms with Gasteiger partial charge in [-0.15, -0.1) is 0 Å². The van der Waals surface area contributed by atoms with E-state index in [4.69, 9.17) is 0 Å². The summed E-state index contributed by atoms with van der Waals surface area (Å²) in [4.78, 5) is 0. The Morgan fingerprint density at radius 3 is 1.93 bits per heavy atom. The summed E-state index contributed by atoms with van der Waals surface area (Å²) in [6, 6.07) is 8.66. The van der Waals surface area contributed by atoms with Crippen LogP contribution in [-0.4, -0.2) is 24.9 Å². The molecule has 0 unspecified atom stereocenters. The van der Waals surface area contributed by atoms with Crippen molar-refractivity contribution in [2.45, 2.75) is 27.2 Å². The quantitative estimate of drug-likeness (QED) is 0.500. The van der Waals surface area contributed by atoms with Gasteiger partial charge in [0.1, 0.15) is 14.1 Å². The highest BCUT2D eigenvalue weighted by molar-refractivity contribution is 5.75. The number of benzene rings is 1. The summed E-state index contributed by atoms with van der Waals surface area (Å²) >= 11 is 0. The first-order chi connectivity index (χ1) is 6.72. The zero-order chi connectivity index (χ0) is 11.0. The minimum absolute atomic E-state index is 1.11. The van der Waals surface area contributed by atoms with Gasteiger partial charge in [0.2, 0.25) is 0 Å². The van der Waals surface area contributed by atoms with Gasteiger partial charge in [-0.1, -0.05) is 32.9 Å². The van der Waals surface area contributed by atoms with Gasteiger partial charge in [-0.2, -0.15) is 0 Å². The van der Waals surface area contributed by atoms with E-state index in [1.54, 1.807) is 0 Å². The normalized spacial score (nSPS) is 8.64. The third-order valence-corrected chi connectivity index (χ3v) is 1.80. The third kappa shape index (κ3) is 4.80. The van der Waals surface area contributed by atoms with Crippen LogP contribution in [0.4, 0.5) is 0 Å². The Hall–Kier alpha value is -1.11. The molecule has 0 amide bonds. The van der Waals surface area contributed by atoms with Gasteiger partial charge in [0.25, 0.3) is 0 Å². The molecule has 0 heterocycles. The molecule has 1 aromatic carbocycles. The summed E-state index contributed by atoms with van der Waals surface area (Å²) in [5, 5.41) is 0. The molecular formula is C13H22N+. The van der Waals surface area contributed by atoms with Crippen LogP contribution in [0.15, 0.2) is 24.3 Å². The van der Waals surface area contributed by atoms with Gasteiger partial charge >= 0.3 is 0 Å². The van der Waals surface area contributed by atoms with Crippen molar-refractivity contribution < 1.29 is 4.58 Å². The van der Waals surface area contributed by atoms with Crippen molar-refractivity contribution in [1.82, 2.24) is 0 Å². The minimum atomic E-state index is 1.11. The third-order valence-electron chi connectivity index (χ3n) is 1.80. The molecule has 0 saturated carbocycles. The average molecular weight is 192 g/mol. The van der Waals surface area contributed by atoms with Crippen LogP contribution in [0.3, 0.4) is 0 Å². The van der Waals surface area contributed by atoms with E-state index < -0.39 is 0 Å². The van der Waals surface area contributed by atoms with Crippen molar-refractivity contribution in [3.05, 3.63) is 35.4 Å². The SMILES string of the molecule is CC.CCc1ccc(C=[N+](C)C)cc1. The van der Waals surface area contributed by atoms with E-state index >= 15 is 0 Å². The zero-order valence-corrected chi connectivity index (χ0v) is 10.0. The standard InChI is InChI=1S/C11H16N.C2H6/c1-4-10-5-7-11(8-6-10)9-12(2)3;1-2/h5-9H,4H2,1-3H3;1-2H3/q+1;. The highest BCUT2D eigenvalue weighted by Crippen LogP contribution is 2.02. The van der Waals surface area contributed by atoms with E-state index in [0.717, 1.165) is 6.42 Å². The highest BCUT2D eigenvalue weighted by atomic mass is 14.9. The van der Waals surface area contributed by atoms with Crippen molar-refractivity contribution in [3.63, 3.8) is 0 Å². The lowest BCUT2D eigenvalue weighted by Crippen LogP contribution is -1.99. The zero-order valence-electron chi connectivity index (χ0n) is 10.0. The van der Waals surface area contributed by atoms with Gasteiger partial charge in [-0.05, 0) is 24.1 Å². The topological polar surface area (TPSA) is 3.01 Å². The fourth-order valence-corrected chi connectivity index (χ4v) is 1.14. The lowest BCUT2D eigenvalue weighted by Gasteiger charge is -1.95. The summed E-state index contributed by atoms with van der Waals surface area (Å²) in [5.74, 6) is 0. The molecule has 0 radical (unpaired) electrons. The van der Waals surface area contributed by atoms with Crippen molar-refractivity contribution in [1.29, 1.82) is 0 Å². The summed E-state index contributed by atoms with van der Waals surface area (Å²) in [6.45, 7) is 6.17. The van der Waals surface area contributed by atoms with Crippen LogP contribution in [0, 0.1) is 0 Å². The molecule has 0 fully saturated rings. The van der Waals surface area contributed by atoms with Gasteiger partial charge in [0.05, 0.1) is 0 Å². The molecule has 0 aliphatic carbocycles. The molecule has 0 N–H and O–H groups in total. The molecule has 14 heavy (non-hydrogen) atoms. The van der Waals surface area contributed by atoms with E-state index in [0.29, 0.717) is 0 Å². The Morgan fingerprint density at radius 2 is 1.57 bits per heavy atom. The van der Waals surface area contributed by atoms with E-state index in [2.05, 4.69) is 42.0 Å². The largest absolute Gasteiger partial charge is 0.241 e. The molecule has 0 saturated heterocycles. The number of aryl methyl sites for hydroxylation is 1. The lowest BCUT2D eigenvalue weighted by atomic mass is 10.1. The molecule has 0 aromatic heterocycles. The maximum absolute atomic E-state index is 2.18. The minimum Gasteiger partial charge on any atom is -0.241 e. The van der Waals surface area contributed by atoms with E-state index in [1.165, 1.54) is 11.1 Å². The molecule has 0 bridgehead atoms. The Bertz CT molecular complexity index is 266. The fourth-order valence-electron chi connectivity index (χ4n) is 1.14. The van der Waals surface area contributed by atoms with Crippen molar-refractivity contribution in [2.24, 2.45) is 0 Å². The predicted molar refractivity (Wildman–Crippen MR) is 64.4 cm³/mol. The summed E-state index contributed by atoms with van der Waals surface area (Å²) < 4.78 is 2.06. The molecule has 0 spiro atoms. The van der Waals surface area contributed by atoms with Gasteiger partial charge in [0, 0.05) is 5.56 Å². The van der Waals surface area contributed by atoms with Gasteiger partial charge in [-0.25, -0.2) is 4.58 Å². The molecule has 0 aliphatic rings. The molecule has 78 valence electrons. The predicted octanol–water partition coefficient (Wildman–Crippen LogP) is 2.97. The summed E-state index contributed by atoms with van der Waals surface area (Å²) in [7, 11) is 4.07. The van der Waals surface area contributed by atoms with Gasteiger partial charge in [0.15, 0.2) is 6.21 Å². The number of rotatable bonds is 2. The molecule has 0 aliphatic heterocycles. The monoisotopic (exact) mass is 192 g/mol. The molecule has 0 atom stereocenters. The molecule has 1 rings (SSSR count). The second-order valence-electron chi connectivity index (χ2n) is 3.19. The van der Waals surface area contributed by atoms with Crippen LogP contribution in [0.5, 0.6) is 0 Å². The summed E-state index contributed by atoms with van der Waals surface area (Å²) in [6.07, 6.45) is 3.22. The molecule has 1 heteroatoms. The lowest BCUT2D eigenvalue weighted by molar-refractivity contribution is -0.458. The van der Waals surface area contributed by atoms with Gasteiger partial charge in [-0.3, -0.25) is 0 Å². The first-order valence-electron chi connectivity index (χ1n) is 5.32. The van der Waals surface area contributed by atoms with E-state index in [1.807, 2.05) is 27.9 Å². The van der Waals surface area contributed by atoms with Crippen molar-refractivity contribution >= 4 is 6.21 Å². The Balaban J connectivity index is 0.000000791. The second kappa shape index (κ2) is 7.31. The van der Waals surface area contributed by atoms with Crippen LogP contribution in [-0.2, 0) is 6.42 Å². The van der Waals surface area contributed by atoms with Crippen LogP contribution in [0.2, 0.25) is 0 Å². The average Bonchev–Trinajstić information content (AvgIpc) is 2.21. The maximum atomic E-state index is 2.18. The fraction of sp³-hybridized carbons (Fsp3) is 0.462. The van der Waals surface area contributed by atoms with Crippen LogP contribution in [0.1, 0.15) is 31.9 Å². The van der Waals surface area contributed by atoms with Crippen LogP contribution >= 0.6 is 0 Å². The highest BCUT2D eigenvalue weighted by Gasteiger charge is 1.92. The Labute approximate surface area is 88.1 Å². The number of hydrogen-bond donors (Lipinski definition) is 0. The first kappa shape index (κ1) is 12.9. The number of hydrogen-bond acceptors (Lipinski definition) is 0. The Morgan fingerprint density at radius 1 is 1.07 bits per heavy atom. The smallest absolute Gasteiger partial charge is 0.170 e. The summed E-state index contributed by atoms with van der Waals surface area (Å²) in [5.41, 5.74) is 2.66. The van der Waals surface area contributed by atoms with Crippen LogP contribution in [0.25, 0.3) is 0 Å². The second-order valence-corrected chi connectivity index (χ2v) is 3.19. The van der Waals surface area contributed by atoms with Gasteiger partial charge < -0.3 is 0 Å². The van der Waals surface area contributed by atoms with Crippen molar-refractivity contribution in [2.75, 3.05) is 14.1 Å². The van der Waals surface area contributed by atoms with E-state index in [-0.39, 0.29) is 0 Å².